The van der Waals surface area contributed by atoms with Crippen molar-refractivity contribution in [2.45, 2.75) is 40.2 Å². The van der Waals surface area contributed by atoms with Crippen molar-refractivity contribution in [3.63, 3.8) is 0 Å². The molecule has 0 bridgehead atoms. The summed E-state index contributed by atoms with van der Waals surface area (Å²) >= 11 is 0. The maximum Gasteiger partial charge on any atom is 0.222 e. The molecule has 13 heavy (non-hydrogen) atoms. The SMILES string of the molecule is CC(C)CNC(=O)CCOC(C)C. The molecule has 3 heteroatoms. The van der Waals surface area contributed by atoms with Gasteiger partial charge in [-0.2, -0.15) is 0 Å². The van der Waals surface area contributed by atoms with Crippen LogP contribution in [-0.4, -0.2) is 25.2 Å². The standard InChI is InChI=1S/C10H21NO2/c1-8(2)7-11-10(12)5-6-13-9(3)4/h8-9H,5-7H2,1-4H3,(H,11,12). The van der Waals surface area contributed by atoms with Crippen LogP contribution in [0.15, 0.2) is 0 Å². The molecule has 1 N–H and O–H groups in total. The zero-order valence-electron chi connectivity index (χ0n) is 9.09. The van der Waals surface area contributed by atoms with E-state index in [0.29, 0.717) is 18.9 Å². The van der Waals surface area contributed by atoms with Crippen molar-refractivity contribution < 1.29 is 9.53 Å². The highest BCUT2D eigenvalue weighted by Gasteiger charge is 2.02. The van der Waals surface area contributed by atoms with Crippen LogP contribution in [0.3, 0.4) is 0 Å². The fraction of sp³-hybridized carbons (Fsp3) is 0.900. The molecule has 0 aromatic heterocycles. The minimum Gasteiger partial charge on any atom is -0.378 e. The molecule has 0 saturated carbocycles. The monoisotopic (exact) mass is 187 g/mol. The van der Waals surface area contributed by atoms with Crippen molar-refractivity contribution in [3.05, 3.63) is 0 Å². The quantitative estimate of drug-likeness (QED) is 0.685. The summed E-state index contributed by atoms with van der Waals surface area (Å²) in [5.41, 5.74) is 0. The molecule has 0 aliphatic carbocycles. The summed E-state index contributed by atoms with van der Waals surface area (Å²) in [4.78, 5) is 11.1. The third kappa shape index (κ3) is 9.34. The summed E-state index contributed by atoms with van der Waals surface area (Å²) in [6.07, 6.45) is 0.670. The van der Waals surface area contributed by atoms with Crippen LogP contribution >= 0.6 is 0 Å². The van der Waals surface area contributed by atoms with Gasteiger partial charge in [-0.15, -0.1) is 0 Å². The Balaban J connectivity index is 3.30. The highest BCUT2D eigenvalue weighted by Crippen LogP contribution is 1.92. The van der Waals surface area contributed by atoms with Gasteiger partial charge in [-0.05, 0) is 19.8 Å². The van der Waals surface area contributed by atoms with Crippen LogP contribution in [0, 0.1) is 5.92 Å². The number of amides is 1. The molecular formula is C10H21NO2. The molecule has 0 spiro atoms. The molecule has 0 aromatic rings. The van der Waals surface area contributed by atoms with Gasteiger partial charge in [0.15, 0.2) is 0 Å². The Morgan fingerprint density at radius 2 is 1.92 bits per heavy atom. The minimum atomic E-state index is 0.0781. The summed E-state index contributed by atoms with van der Waals surface area (Å²) in [5, 5.41) is 2.84. The summed E-state index contributed by atoms with van der Waals surface area (Å²) < 4.78 is 5.26. The van der Waals surface area contributed by atoms with Crippen LogP contribution in [0.4, 0.5) is 0 Å². The first kappa shape index (κ1) is 12.4. The van der Waals surface area contributed by atoms with Gasteiger partial charge in [-0.1, -0.05) is 13.8 Å². The van der Waals surface area contributed by atoms with Crippen LogP contribution in [-0.2, 0) is 9.53 Å². The highest BCUT2D eigenvalue weighted by molar-refractivity contribution is 5.75. The molecule has 78 valence electrons. The fourth-order valence-corrected chi connectivity index (χ4v) is 0.794. The maximum atomic E-state index is 11.1. The molecule has 0 rings (SSSR count). The van der Waals surface area contributed by atoms with Crippen LogP contribution in [0.5, 0.6) is 0 Å². The van der Waals surface area contributed by atoms with E-state index in [0.717, 1.165) is 6.54 Å². The molecule has 0 aliphatic heterocycles. The molecule has 0 atom stereocenters. The van der Waals surface area contributed by atoms with Gasteiger partial charge in [-0.3, -0.25) is 4.79 Å². The lowest BCUT2D eigenvalue weighted by molar-refractivity contribution is -0.122. The third-order valence-corrected chi connectivity index (χ3v) is 1.49. The van der Waals surface area contributed by atoms with Crippen LogP contribution in [0.25, 0.3) is 0 Å². The van der Waals surface area contributed by atoms with E-state index in [-0.39, 0.29) is 12.0 Å². The molecule has 0 unspecified atom stereocenters. The van der Waals surface area contributed by atoms with Crippen LogP contribution in [0.1, 0.15) is 34.1 Å². The van der Waals surface area contributed by atoms with Gasteiger partial charge in [0.2, 0.25) is 5.91 Å². The Morgan fingerprint density at radius 1 is 1.31 bits per heavy atom. The summed E-state index contributed by atoms with van der Waals surface area (Å²) in [6, 6.07) is 0. The second kappa shape index (κ2) is 6.89. The van der Waals surface area contributed by atoms with E-state index in [2.05, 4.69) is 19.2 Å². The predicted octanol–water partition coefficient (Wildman–Crippen LogP) is 1.57. The molecule has 1 amide bonds. The molecular weight excluding hydrogens is 166 g/mol. The zero-order valence-corrected chi connectivity index (χ0v) is 9.09. The van der Waals surface area contributed by atoms with E-state index in [1.165, 1.54) is 0 Å². The zero-order chi connectivity index (χ0) is 10.3. The van der Waals surface area contributed by atoms with Crippen molar-refractivity contribution >= 4 is 5.91 Å². The molecule has 0 aromatic carbocycles. The van der Waals surface area contributed by atoms with Gasteiger partial charge in [0.05, 0.1) is 12.7 Å². The van der Waals surface area contributed by atoms with E-state index in [1.807, 2.05) is 13.8 Å². The summed E-state index contributed by atoms with van der Waals surface area (Å²) in [6.45, 7) is 9.34. The van der Waals surface area contributed by atoms with Gasteiger partial charge in [0, 0.05) is 13.0 Å². The fourth-order valence-electron chi connectivity index (χ4n) is 0.794. The van der Waals surface area contributed by atoms with Crippen molar-refractivity contribution in [3.8, 4) is 0 Å². The lowest BCUT2D eigenvalue weighted by atomic mass is 10.2. The first-order valence-corrected chi connectivity index (χ1v) is 4.90. The van der Waals surface area contributed by atoms with Gasteiger partial charge in [0.25, 0.3) is 0 Å². The molecule has 0 heterocycles. The number of ether oxygens (including phenoxy) is 1. The van der Waals surface area contributed by atoms with Gasteiger partial charge in [-0.25, -0.2) is 0 Å². The van der Waals surface area contributed by atoms with E-state index in [4.69, 9.17) is 4.74 Å². The molecule has 0 radical (unpaired) electrons. The lowest BCUT2D eigenvalue weighted by Gasteiger charge is -2.09. The Bertz CT molecular complexity index is 144. The first-order chi connectivity index (χ1) is 6.02. The molecule has 3 nitrogen and oxygen atoms in total. The third-order valence-electron chi connectivity index (χ3n) is 1.49. The number of rotatable bonds is 6. The van der Waals surface area contributed by atoms with Crippen molar-refractivity contribution in [2.24, 2.45) is 5.92 Å². The average Bonchev–Trinajstić information content (AvgIpc) is 2.00. The second-order valence-electron chi connectivity index (χ2n) is 3.87. The second-order valence-corrected chi connectivity index (χ2v) is 3.87. The number of nitrogens with one attached hydrogen (secondary N) is 1. The van der Waals surface area contributed by atoms with E-state index >= 15 is 0 Å². The Morgan fingerprint density at radius 3 is 2.38 bits per heavy atom. The predicted molar refractivity (Wildman–Crippen MR) is 53.6 cm³/mol. The summed E-state index contributed by atoms with van der Waals surface area (Å²) in [7, 11) is 0. The van der Waals surface area contributed by atoms with Crippen LogP contribution < -0.4 is 5.32 Å². The summed E-state index contributed by atoms with van der Waals surface area (Å²) in [5.74, 6) is 0.587. The smallest absolute Gasteiger partial charge is 0.222 e. The van der Waals surface area contributed by atoms with Gasteiger partial charge in [0.1, 0.15) is 0 Å². The first-order valence-electron chi connectivity index (χ1n) is 4.90. The topological polar surface area (TPSA) is 38.3 Å². The van der Waals surface area contributed by atoms with E-state index in [1.54, 1.807) is 0 Å². The Kier molecular flexibility index (Phi) is 6.59. The van der Waals surface area contributed by atoms with E-state index in [9.17, 15) is 4.79 Å². The minimum absolute atomic E-state index is 0.0781. The van der Waals surface area contributed by atoms with Crippen molar-refractivity contribution in [1.29, 1.82) is 0 Å². The largest absolute Gasteiger partial charge is 0.378 e. The lowest BCUT2D eigenvalue weighted by Crippen LogP contribution is -2.28. The number of hydrogen-bond acceptors (Lipinski definition) is 2. The van der Waals surface area contributed by atoms with Gasteiger partial charge < -0.3 is 10.1 Å². The van der Waals surface area contributed by atoms with E-state index < -0.39 is 0 Å². The average molecular weight is 187 g/mol. The normalized spacial score (nSPS) is 10.9. The number of carbonyl (C=O) groups excluding carboxylic acids is 1. The van der Waals surface area contributed by atoms with Crippen LogP contribution in [0.2, 0.25) is 0 Å². The van der Waals surface area contributed by atoms with Gasteiger partial charge >= 0.3 is 0 Å². The molecule has 0 fully saturated rings. The van der Waals surface area contributed by atoms with Crippen molar-refractivity contribution in [1.82, 2.24) is 5.32 Å². The molecule has 0 saturated heterocycles. The van der Waals surface area contributed by atoms with Crippen molar-refractivity contribution in [2.75, 3.05) is 13.2 Å². The number of hydrogen-bond donors (Lipinski definition) is 1. The maximum absolute atomic E-state index is 11.1. The molecule has 0 aliphatic rings. The Labute approximate surface area is 80.8 Å². The highest BCUT2D eigenvalue weighted by atomic mass is 16.5. The Hall–Kier alpha value is -0.570. The number of carbonyl (C=O) groups is 1.